The van der Waals surface area contributed by atoms with Crippen molar-refractivity contribution in [2.24, 2.45) is 0 Å². The Labute approximate surface area is 88.2 Å². The molecule has 0 heterocycles. The van der Waals surface area contributed by atoms with Crippen LogP contribution in [0.4, 0.5) is 4.39 Å². The molecular weight excluding hydrogens is 191 g/mol. The predicted octanol–water partition coefficient (Wildman–Crippen LogP) is 3.81. The van der Waals surface area contributed by atoms with E-state index in [1.165, 1.54) is 12.1 Å². The minimum Gasteiger partial charge on any atom is -0.508 e. The number of hydrogen-bond acceptors (Lipinski definition) is 1. The smallest absolute Gasteiger partial charge is 0.123 e. The highest BCUT2D eigenvalue weighted by molar-refractivity contribution is 5.87. The van der Waals surface area contributed by atoms with E-state index in [0.29, 0.717) is 5.92 Å². The highest BCUT2D eigenvalue weighted by Gasteiger charge is 2.07. The summed E-state index contributed by atoms with van der Waals surface area (Å²) in [6.45, 7) is 4.11. The molecule has 0 saturated heterocycles. The fourth-order valence-corrected chi connectivity index (χ4v) is 1.83. The summed E-state index contributed by atoms with van der Waals surface area (Å²) in [7, 11) is 0. The van der Waals surface area contributed by atoms with Gasteiger partial charge in [0.1, 0.15) is 11.6 Å². The first-order chi connectivity index (χ1) is 7.08. The predicted molar refractivity (Wildman–Crippen MR) is 59.7 cm³/mol. The number of phenolic OH excluding ortho intramolecular Hbond substituents is 1. The van der Waals surface area contributed by atoms with Gasteiger partial charge in [0.05, 0.1) is 0 Å². The fourth-order valence-electron chi connectivity index (χ4n) is 1.83. The van der Waals surface area contributed by atoms with E-state index in [9.17, 15) is 9.50 Å². The molecule has 2 heteroatoms. The van der Waals surface area contributed by atoms with Crippen LogP contribution in [0.25, 0.3) is 10.8 Å². The van der Waals surface area contributed by atoms with Gasteiger partial charge >= 0.3 is 0 Å². The zero-order chi connectivity index (χ0) is 11.0. The Morgan fingerprint density at radius 3 is 2.53 bits per heavy atom. The van der Waals surface area contributed by atoms with Crippen LogP contribution in [0.1, 0.15) is 25.3 Å². The lowest BCUT2D eigenvalue weighted by Gasteiger charge is -2.10. The maximum absolute atomic E-state index is 13.0. The van der Waals surface area contributed by atoms with Crippen molar-refractivity contribution in [1.29, 1.82) is 0 Å². The number of phenols is 1. The van der Waals surface area contributed by atoms with E-state index >= 15 is 0 Å². The molecular formula is C13H13FO. The Morgan fingerprint density at radius 1 is 1.13 bits per heavy atom. The molecule has 78 valence electrons. The second-order valence-corrected chi connectivity index (χ2v) is 4.06. The van der Waals surface area contributed by atoms with E-state index in [2.05, 4.69) is 13.8 Å². The van der Waals surface area contributed by atoms with Gasteiger partial charge < -0.3 is 5.11 Å². The molecule has 1 N–H and O–H groups in total. The normalized spacial score (nSPS) is 11.2. The Bertz CT molecular complexity index is 498. The Morgan fingerprint density at radius 2 is 1.87 bits per heavy atom. The minimum absolute atomic E-state index is 0.191. The number of halogens is 1. The lowest BCUT2D eigenvalue weighted by molar-refractivity contribution is 0.475. The van der Waals surface area contributed by atoms with Gasteiger partial charge in [-0.05, 0) is 46.5 Å². The Hall–Kier alpha value is -1.57. The highest BCUT2D eigenvalue weighted by atomic mass is 19.1. The van der Waals surface area contributed by atoms with Gasteiger partial charge in [-0.2, -0.15) is 0 Å². The first kappa shape index (κ1) is 9.97. The van der Waals surface area contributed by atoms with E-state index in [1.54, 1.807) is 18.2 Å². The summed E-state index contributed by atoms with van der Waals surface area (Å²) in [6, 6.07) is 7.99. The molecule has 0 aliphatic rings. The van der Waals surface area contributed by atoms with Crippen LogP contribution in [0.15, 0.2) is 30.3 Å². The zero-order valence-corrected chi connectivity index (χ0v) is 8.79. The highest BCUT2D eigenvalue weighted by Crippen LogP contribution is 2.30. The van der Waals surface area contributed by atoms with E-state index in [-0.39, 0.29) is 11.6 Å². The molecule has 0 spiro atoms. The molecule has 0 saturated carbocycles. The molecule has 0 aromatic heterocycles. The van der Waals surface area contributed by atoms with Crippen LogP contribution in [-0.4, -0.2) is 5.11 Å². The molecule has 0 aliphatic carbocycles. The molecule has 2 aromatic carbocycles. The van der Waals surface area contributed by atoms with Gasteiger partial charge in [0.15, 0.2) is 0 Å². The van der Waals surface area contributed by atoms with Crippen LogP contribution in [0.5, 0.6) is 5.75 Å². The van der Waals surface area contributed by atoms with Crippen molar-refractivity contribution in [3.63, 3.8) is 0 Å². The number of rotatable bonds is 1. The standard InChI is InChI=1S/C13H13FO/c1-8(2)13-7-11(15)6-9-5-10(14)3-4-12(9)13/h3-8,15H,1-2H3. The fraction of sp³-hybridized carbons (Fsp3) is 0.231. The second kappa shape index (κ2) is 3.54. The molecule has 2 rings (SSSR count). The Balaban J connectivity index is 2.80. The lowest BCUT2D eigenvalue weighted by Crippen LogP contribution is -1.90. The summed E-state index contributed by atoms with van der Waals surface area (Å²) in [5.41, 5.74) is 1.05. The summed E-state index contributed by atoms with van der Waals surface area (Å²) < 4.78 is 13.0. The first-order valence-corrected chi connectivity index (χ1v) is 5.00. The van der Waals surface area contributed by atoms with Crippen LogP contribution in [0.3, 0.4) is 0 Å². The van der Waals surface area contributed by atoms with Gasteiger partial charge in [-0.15, -0.1) is 0 Å². The minimum atomic E-state index is -0.275. The molecule has 1 nitrogen and oxygen atoms in total. The van der Waals surface area contributed by atoms with Crippen LogP contribution < -0.4 is 0 Å². The third kappa shape index (κ3) is 1.80. The van der Waals surface area contributed by atoms with E-state index in [4.69, 9.17) is 0 Å². The zero-order valence-electron chi connectivity index (χ0n) is 8.79. The van der Waals surface area contributed by atoms with Crippen LogP contribution in [0.2, 0.25) is 0 Å². The van der Waals surface area contributed by atoms with Gasteiger partial charge in [-0.1, -0.05) is 19.9 Å². The van der Waals surface area contributed by atoms with Crippen LogP contribution in [-0.2, 0) is 0 Å². The second-order valence-electron chi connectivity index (χ2n) is 4.06. The third-order valence-electron chi connectivity index (χ3n) is 2.55. The average molecular weight is 204 g/mol. The molecule has 0 unspecified atom stereocenters. The van der Waals surface area contributed by atoms with Gasteiger partial charge in [-0.25, -0.2) is 4.39 Å². The average Bonchev–Trinajstić information content (AvgIpc) is 2.15. The molecule has 0 radical (unpaired) electrons. The molecule has 0 aliphatic heterocycles. The van der Waals surface area contributed by atoms with Crippen LogP contribution in [0, 0.1) is 5.82 Å². The lowest BCUT2D eigenvalue weighted by atomic mass is 9.96. The summed E-state index contributed by atoms with van der Waals surface area (Å²) in [5, 5.41) is 11.3. The van der Waals surface area contributed by atoms with Gasteiger partial charge in [0, 0.05) is 0 Å². The van der Waals surface area contributed by atoms with Crippen LogP contribution >= 0.6 is 0 Å². The van der Waals surface area contributed by atoms with E-state index in [0.717, 1.165) is 16.3 Å². The largest absolute Gasteiger partial charge is 0.508 e. The Kier molecular flexibility index (Phi) is 2.35. The first-order valence-electron chi connectivity index (χ1n) is 5.00. The number of hydrogen-bond donors (Lipinski definition) is 1. The van der Waals surface area contributed by atoms with E-state index < -0.39 is 0 Å². The van der Waals surface area contributed by atoms with Crippen molar-refractivity contribution in [1.82, 2.24) is 0 Å². The monoisotopic (exact) mass is 204 g/mol. The van der Waals surface area contributed by atoms with Crippen molar-refractivity contribution in [2.45, 2.75) is 19.8 Å². The maximum Gasteiger partial charge on any atom is 0.123 e. The molecule has 0 bridgehead atoms. The van der Waals surface area contributed by atoms with Crippen molar-refractivity contribution < 1.29 is 9.50 Å². The van der Waals surface area contributed by atoms with Crippen molar-refractivity contribution in [2.75, 3.05) is 0 Å². The molecule has 15 heavy (non-hydrogen) atoms. The topological polar surface area (TPSA) is 20.2 Å². The van der Waals surface area contributed by atoms with Gasteiger partial charge in [-0.3, -0.25) is 0 Å². The summed E-state index contributed by atoms with van der Waals surface area (Å²) in [4.78, 5) is 0. The van der Waals surface area contributed by atoms with Gasteiger partial charge in [0.25, 0.3) is 0 Å². The third-order valence-corrected chi connectivity index (χ3v) is 2.55. The number of aromatic hydroxyl groups is 1. The summed E-state index contributed by atoms with van der Waals surface area (Å²) >= 11 is 0. The quantitative estimate of drug-likeness (QED) is 0.748. The van der Waals surface area contributed by atoms with Crippen molar-refractivity contribution in [3.05, 3.63) is 41.7 Å². The summed E-state index contributed by atoms with van der Waals surface area (Å²) in [5.74, 6) is 0.227. The summed E-state index contributed by atoms with van der Waals surface area (Å²) in [6.07, 6.45) is 0. The van der Waals surface area contributed by atoms with Crippen molar-refractivity contribution >= 4 is 10.8 Å². The van der Waals surface area contributed by atoms with Gasteiger partial charge in [0.2, 0.25) is 0 Å². The SMILES string of the molecule is CC(C)c1cc(O)cc2cc(F)ccc12. The number of benzene rings is 2. The molecule has 0 amide bonds. The molecule has 0 fully saturated rings. The van der Waals surface area contributed by atoms with E-state index in [1.807, 2.05) is 0 Å². The number of fused-ring (bicyclic) bond motifs is 1. The molecule has 2 aromatic rings. The maximum atomic E-state index is 13.0. The molecule has 0 atom stereocenters. The van der Waals surface area contributed by atoms with Crippen molar-refractivity contribution in [3.8, 4) is 5.75 Å².